The lowest BCUT2D eigenvalue weighted by Gasteiger charge is -2.17. The Morgan fingerprint density at radius 1 is 1.17 bits per heavy atom. The number of carbonyl (C=O) groups is 1. The highest BCUT2D eigenvalue weighted by Crippen LogP contribution is 2.48. The summed E-state index contributed by atoms with van der Waals surface area (Å²) in [5.74, 6) is -0.374. The van der Waals surface area contributed by atoms with E-state index in [0.717, 1.165) is 23.2 Å². The molecule has 0 spiro atoms. The minimum atomic E-state index is -0.256. The maximum atomic E-state index is 12.9. The zero-order valence-corrected chi connectivity index (χ0v) is 13.3. The molecule has 1 fully saturated rings. The van der Waals surface area contributed by atoms with Crippen molar-refractivity contribution in [3.63, 3.8) is 0 Å². The third kappa shape index (κ3) is 3.52. The van der Waals surface area contributed by atoms with E-state index in [1.807, 2.05) is 43.3 Å². The molecular weight excluding hydrogens is 293 g/mol. The molecule has 0 aliphatic heterocycles. The largest absolute Gasteiger partial charge is 0.460 e. The average molecular weight is 313 g/mol. The van der Waals surface area contributed by atoms with Gasteiger partial charge in [0.2, 0.25) is 0 Å². The lowest BCUT2D eigenvalue weighted by molar-refractivity contribution is -0.146. The highest BCUT2D eigenvalue weighted by Gasteiger charge is 2.45. The Labute approximate surface area is 135 Å². The summed E-state index contributed by atoms with van der Waals surface area (Å²) in [6, 6.07) is 14.2. The number of anilines is 1. The number of halogens is 1. The van der Waals surface area contributed by atoms with Gasteiger partial charge in [-0.3, -0.25) is 4.79 Å². The first-order chi connectivity index (χ1) is 11.1. The van der Waals surface area contributed by atoms with Crippen molar-refractivity contribution >= 4 is 11.7 Å². The number of ether oxygens (including phenoxy) is 1. The van der Waals surface area contributed by atoms with Crippen molar-refractivity contribution in [3.8, 4) is 0 Å². The minimum absolute atomic E-state index is 0.105. The summed E-state index contributed by atoms with van der Waals surface area (Å²) in [5.41, 5.74) is 3.04. The van der Waals surface area contributed by atoms with E-state index in [1.54, 1.807) is 12.1 Å². The van der Waals surface area contributed by atoms with E-state index in [9.17, 15) is 9.18 Å². The molecule has 2 aromatic rings. The summed E-state index contributed by atoms with van der Waals surface area (Å²) in [6.07, 6.45) is 0.778. The molecule has 1 saturated carbocycles. The zero-order valence-electron chi connectivity index (χ0n) is 13.3. The summed E-state index contributed by atoms with van der Waals surface area (Å²) in [7, 11) is 3.93. The van der Waals surface area contributed by atoms with Crippen molar-refractivity contribution in [1.82, 2.24) is 0 Å². The molecule has 120 valence electrons. The highest BCUT2D eigenvalue weighted by atomic mass is 19.1. The number of rotatable bonds is 5. The Hall–Kier alpha value is -2.36. The van der Waals surface area contributed by atoms with Gasteiger partial charge in [-0.05, 0) is 36.1 Å². The summed E-state index contributed by atoms with van der Waals surface area (Å²) < 4.78 is 18.4. The van der Waals surface area contributed by atoms with Crippen LogP contribution in [-0.2, 0) is 16.1 Å². The Balaban J connectivity index is 1.58. The molecule has 0 aromatic heterocycles. The van der Waals surface area contributed by atoms with Gasteiger partial charge in [0.25, 0.3) is 0 Å². The SMILES string of the molecule is CN(C)c1ccccc1COC(=O)[C@@H]1C[C@H]1c1ccc(F)cc1. The van der Waals surface area contributed by atoms with E-state index in [1.165, 1.54) is 12.1 Å². The number of hydrogen-bond donors (Lipinski definition) is 0. The first kappa shape index (κ1) is 15.5. The van der Waals surface area contributed by atoms with Crippen molar-refractivity contribution in [2.75, 3.05) is 19.0 Å². The topological polar surface area (TPSA) is 29.5 Å². The summed E-state index contributed by atoms with van der Waals surface area (Å²) in [4.78, 5) is 14.2. The van der Waals surface area contributed by atoms with Gasteiger partial charge in [-0.2, -0.15) is 0 Å². The van der Waals surface area contributed by atoms with Crippen molar-refractivity contribution in [2.45, 2.75) is 18.9 Å². The first-order valence-corrected chi connectivity index (χ1v) is 7.73. The molecule has 1 aliphatic rings. The Morgan fingerprint density at radius 2 is 1.87 bits per heavy atom. The number of para-hydroxylation sites is 1. The average Bonchev–Trinajstić information content (AvgIpc) is 3.34. The molecule has 4 heteroatoms. The van der Waals surface area contributed by atoms with Crippen LogP contribution >= 0.6 is 0 Å². The molecule has 2 aromatic carbocycles. The number of hydrogen-bond acceptors (Lipinski definition) is 3. The van der Waals surface area contributed by atoms with Crippen LogP contribution in [-0.4, -0.2) is 20.1 Å². The van der Waals surface area contributed by atoms with Gasteiger partial charge < -0.3 is 9.64 Å². The molecule has 23 heavy (non-hydrogen) atoms. The summed E-state index contributed by atoms with van der Waals surface area (Å²) in [5, 5.41) is 0. The van der Waals surface area contributed by atoms with Gasteiger partial charge in [0, 0.05) is 25.3 Å². The fourth-order valence-corrected chi connectivity index (χ4v) is 2.86. The molecule has 3 nitrogen and oxygen atoms in total. The summed E-state index contributed by atoms with van der Waals surface area (Å²) in [6.45, 7) is 0.278. The predicted octanol–water partition coefficient (Wildman–Crippen LogP) is 3.74. The third-order valence-corrected chi connectivity index (χ3v) is 4.23. The molecule has 0 saturated heterocycles. The van der Waals surface area contributed by atoms with Gasteiger partial charge in [0.15, 0.2) is 0 Å². The number of esters is 1. The quantitative estimate of drug-likeness (QED) is 0.788. The van der Waals surface area contributed by atoms with Crippen LogP contribution in [0.15, 0.2) is 48.5 Å². The third-order valence-electron chi connectivity index (χ3n) is 4.23. The molecule has 0 bridgehead atoms. The standard InChI is InChI=1S/C19H20FNO2/c1-21(2)18-6-4-3-5-14(18)12-23-19(22)17-11-16(17)13-7-9-15(20)10-8-13/h3-10,16-17H,11-12H2,1-2H3/t16-,17+/m0/s1. The fraction of sp³-hybridized carbons (Fsp3) is 0.316. The van der Waals surface area contributed by atoms with E-state index >= 15 is 0 Å². The van der Waals surface area contributed by atoms with Crippen LogP contribution < -0.4 is 4.90 Å². The van der Waals surface area contributed by atoms with E-state index in [2.05, 4.69) is 0 Å². The summed E-state index contributed by atoms with van der Waals surface area (Å²) >= 11 is 0. The van der Waals surface area contributed by atoms with Gasteiger partial charge in [-0.15, -0.1) is 0 Å². The number of nitrogens with zero attached hydrogens (tertiary/aromatic N) is 1. The van der Waals surface area contributed by atoms with Crippen LogP contribution in [0, 0.1) is 11.7 Å². The zero-order chi connectivity index (χ0) is 16.4. The normalized spacial score (nSPS) is 19.3. The van der Waals surface area contributed by atoms with Crippen molar-refractivity contribution < 1.29 is 13.9 Å². The van der Waals surface area contributed by atoms with Crippen LogP contribution in [0.1, 0.15) is 23.5 Å². The number of carbonyl (C=O) groups excluding carboxylic acids is 1. The molecule has 0 heterocycles. The molecular formula is C19H20FNO2. The fourth-order valence-electron chi connectivity index (χ4n) is 2.86. The maximum Gasteiger partial charge on any atom is 0.309 e. The minimum Gasteiger partial charge on any atom is -0.460 e. The predicted molar refractivity (Wildman–Crippen MR) is 87.8 cm³/mol. The second kappa shape index (κ2) is 6.41. The highest BCUT2D eigenvalue weighted by molar-refractivity contribution is 5.77. The van der Waals surface area contributed by atoms with Crippen molar-refractivity contribution in [2.24, 2.45) is 5.92 Å². The van der Waals surface area contributed by atoms with Gasteiger partial charge >= 0.3 is 5.97 Å². The van der Waals surface area contributed by atoms with E-state index < -0.39 is 0 Å². The number of benzene rings is 2. The van der Waals surface area contributed by atoms with E-state index in [0.29, 0.717) is 0 Å². The van der Waals surface area contributed by atoms with Gasteiger partial charge in [0.05, 0.1) is 5.92 Å². The van der Waals surface area contributed by atoms with Crippen molar-refractivity contribution in [3.05, 3.63) is 65.5 Å². The Morgan fingerprint density at radius 3 is 2.57 bits per heavy atom. The smallest absolute Gasteiger partial charge is 0.309 e. The molecule has 1 aliphatic carbocycles. The monoisotopic (exact) mass is 313 g/mol. The van der Waals surface area contributed by atoms with Gasteiger partial charge in [0.1, 0.15) is 12.4 Å². The van der Waals surface area contributed by atoms with Crippen molar-refractivity contribution in [1.29, 1.82) is 0 Å². The lowest BCUT2D eigenvalue weighted by atomic mass is 10.1. The van der Waals surface area contributed by atoms with Crippen LogP contribution in [0.5, 0.6) is 0 Å². The Bertz CT molecular complexity index is 697. The molecule has 0 amide bonds. The molecule has 2 atom stereocenters. The van der Waals surface area contributed by atoms with Crippen LogP contribution in [0.4, 0.5) is 10.1 Å². The van der Waals surface area contributed by atoms with Crippen LogP contribution in [0.2, 0.25) is 0 Å². The van der Waals surface area contributed by atoms with E-state index in [-0.39, 0.29) is 30.2 Å². The maximum absolute atomic E-state index is 12.9. The molecule has 0 unspecified atom stereocenters. The van der Waals surface area contributed by atoms with Crippen LogP contribution in [0.25, 0.3) is 0 Å². The molecule has 0 radical (unpaired) electrons. The molecule has 3 rings (SSSR count). The van der Waals surface area contributed by atoms with Gasteiger partial charge in [-0.1, -0.05) is 30.3 Å². The second-order valence-electron chi connectivity index (χ2n) is 6.13. The van der Waals surface area contributed by atoms with Gasteiger partial charge in [-0.25, -0.2) is 4.39 Å². The first-order valence-electron chi connectivity index (χ1n) is 7.73. The van der Waals surface area contributed by atoms with E-state index in [4.69, 9.17) is 4.74 Å². The Kier molecular flexibility index (Phi) is 4.33. The second-order valence-corrected chi connectivity index (χ2v) is 6.13. The van der Waals surface area contributed by atoms with Crippen LogP contribution in [0.3, 0.4) is 0 Å². The molecule has 0 N–H and O–H groups in total. The lowest BCUT2D eigenvalue weighted by Crippen LogP contribution is -2.13.